The molecule has 1 N–H and O–H groups in total. The van der Waals surface area contributed by atoms with Crippen molar-refractivity contribution in [2.75, 3.05) is 7.11 Å². The molecule has 20 heavy (non-hydrogen) atoms. The minimum absolute atomic E-state index is 0.300. The predicted octanol–water partition coefficient (Wildman–Crippen LogP) is 3.12. The number of hydrogen-bond acceptors (Lipinski definition) is 4. The van der Waals surface area contributed by atoms with Crippen molar-refractivity contribution >= 4 is 28.1 Å². The zero-order chi connectivity index (χ0) is 14.5. The largest absolute Gasteiger partial charge is 0.497 e. The first-order valence-electron chi connectivity index (χ1n) is 5.83. The van der Waals surface area contributed by atoms with E-state index in [0.29, 0.717) is 17.1 Å². The van der Waals surface area contributed by atoms with Gasteiger partial charge in [0.05, 0.1) is 17.8 Å². The molecule has 0 saturated carbocycles. The van der Waals surface area contributed by atoms with E-state index in [-0.39, 0.29) is 5.91 Å². The number of carbonyl (C=O) groups is 1. The summed E-state index contributed by atoms with van der Waals surface area (Å²) in [4.78, 5) is 11.8. The first-order chi connectivity index (χ1) is 9.60. The Labute approximate surface area is 124 Å². The molecule has 1 amide bonds. The van der Waals surface area contributed by atoms with Crippen molar-refractivity contribution in [1.82, 2.24) is 5.43 Å². The van der Waals surface area contributed by atoms with Crippen LogP contribution < -0.4 is 10.2 Å². The molecule has 1 aromatic heterocycles. The number of aryl methyl sites for hydroxylation is 1. The summed E-state index contributed by atoms with van der Waals surface area (Å²) in [5.41, 5.74) is 2.93. The van der Waals surface area contributed by atoms with Crippen molar-refractivity contribution in [1.29, 1.82) is 0 Å². The van der Waals surface area contributed by atoms with Crippen LogP contribution in [0.15, 0.2) is 44.3 Å². The average Bonchev–Trinajstić information content (AvgIpc) is 2.77. The first kappa shape index (κ1) is 14.3. The van der Waals surface area contributed by atoms with Crippen LogP contribution in [0.3, 0.4) is 0 Å². The van der Waals surface area contributed by atoms with Gasteiger partial charge in [-0.15, -0.1) is 0 Å². The van der Waals surface area contributed by atoms with Crippen LogP contribution in [0.5, 0.6) is 5.75 Å². The Morgan fingerprint density at radius 2 is 2.10 bits per heavy atom. The molecule has 1 heterocycles. The van der Waals surface area contributed by atoms with E-state index in [1.807, 2.05) is 6.92 Å². The van der Waals surface area contributed by atoms with Crippen molar-refractivity contribution in [3.05, 3.63) is 51.9 Å². The van der Waals surface area contributed by atoms with Gasteiger partial charge in [0.15, 0.2) is 0 Å². The van der Waals surface area contributed by atoms with Crippen molar-refractivity contribution in [2.24, 2.45) is 5.10 Å². The number of amides is 1. The zero-order valence-electron chi connectivity index (χ0n) is 11.0. The maximum Gasteiger partial charge on any atom is 0.271 e. The summed E-state index contributed by atoms with van der Waals surface area (Å²) in [6.07, 6.45) is 1.44. The van der Waals surface area contributed by atoms with Crippen LogP contribution in [0.2, 0.25) is 0 Å². The molecule has 0 spiro atoms. The Hall–Kier alpha value is -2.08. The molecule has 0 saturated heterocycles. The number of carbonyl (C=O) groups excluding carboxylic acids is 1. The maximum absolute atomic E-state index is 11.8. The van der Waals surface area contributed by atoms with Crippen LogP contribution in [0, 0.1) is 6.92 Å². The second-order valence-electron chi connectivity index (χ2n) is 3.98. The summed E-state index contributed by atoms with van der Waals surface area (Å²) in [5, 5.41) is 3.84. The van der Waals surface area contributed by atoms with E-state index in [1.165, 1.54) is 6.21 Å². The quantitative estimate of drug-likeness (QED) is 0.689. The normalized spacial score (nSPS) is 10.8. The van der Waals surface area contributed by atoms with E-state index in [4.69, 9.17) is 9.15 Å². The van der Waals surface area contributed by atoms with E-state index in [0.717, 1.165) is 10.2 Å². The van der Waals surface area contributed by atoms with Crippen LogP contribution in [0.25, 0.3) is 0 Å². The highest BCUT2D eigenvalue weighted by Crippen LogP contribution is 2.19. The molecule has 2 aromatic rings. The van der Waals surface area contributed by atoms with Gasteiger partial charge in [0.2, 0.25) is 0 Å². The van der Waals surface area contributed by atoms with Crippen LogP contribution in [0.1, 0.15) is 21.9 Å². The summed E-state index contributed by atoms with van der Waals surface area (Å²) in [7, 11) is 1.57. The summed E-state index contributed by atoms with van der Waals surface area (Å²) >= 11 is 3.33. The lowest BCUT2D eigenvalue weighted by Crippen LogP contribution is -2.17. The van der Waals surface area contributed by atoms with Gasteiger partial charge in [0.25, 0.3) is 5.91 Å². The number of hydrazone groups is 1. The fourth-order valence-corrected chi connectivity index (χ4v) is 1.81. The number of furan rings is 1. The molecule has 0 unspecified atom stereocenters. The second-order valence-corrected chi connectivity index (χ2v) is 4.83. The van der Waals surface area contributed by atoms with Gasteiger partial charge < -0.3 is 9.15 Å². The van der Waals surface area contributed by atoms with E-state index >= 15 is 0 Å². The first-order valence-corrected chi connectivity index (χ1v) is 6.63. The molecule has 2 rings (SSSR count). The molecule has 104 valence electrons. The molecule has 0 aliphatic heterocycles. The third-order valence-electron chi connectivity index (χ3n) is 2.59. The van der Waals surface area contributed by atoms with Crippen LogP contribution in [-0.4, -0.2) is 19.2 Å². The molecule has 0 bridgehead atoms. The number of hydrogen-bond donors (Lipinski definition) is 1. The van der Waals surface area contributed by atoms with Crippen LogP contribution in [-0.2, 0) is 0 Å². The zero-order valence-corrected chi connectivity index (χ0v) is 12.6. The molecular formula is C14H13BrN2O3. The van der Waals surface area contributed by atoms with E-state index in [9.17, 15) is 4.79 Å². The molecule has 0 radical (unpaired) electrons. The molecule has 1 aromatic carbocycles. The highest BCUT2D eigenvalue weighted by atomic mass is 79.9. The Balaban J connectivity index is 1.97. The van der Waals surface area contributed by atoms with Gasteiger partial charge in [-0.1, -0.05) is 0 Å². The lowest BCUT2D eigenvalue weighted by molar-refractivity contribution is 0.0955. The minimum Gasteiger partial charge on any atom is -0.497 e. The summed E-state index contributed by atoms with van der Waals surface area (Å²) in [6, 6.07) is 8.53. The van der Waals surface area contributed by atoms with Crippen LogP contribution >= 0.6 is 15.9 Å². The molecular weight excluding hydrogens is 324 g/mol. The summed E-state index contributed by atoms with van der Waals surface area (Å²) in [5.74, 6) is 1.71. The summed E-state index contributed by atoms with van der Waals surface area (Å²) in [6.45, 7) is 1.83. The van der Waals surface area contributed by atoms with Crippen molar-refractivity contribution in [3.8, 4) is 5.75 Å². The van der Waals surface area contributed by atoms with Gasteiger partial charge in [-0.05, 0) is 47.1 Å². The van der Waals surface area contributed by atoms with Gasteiger partial charge >= 0.3 is 0 Å². The molecule has 5 nitrogen and oxygen atoms in total. The third-order valence-corrected chi connectivity index (χ3v) is 3.37. The monoisotopic (exact) mass is 336 g/mol. The number of rotatable bonds is 4. The predicted molar refractivity (Wildman–Crippen MR) is 79.2 cm³/mol. The van der Waals surface area contributed by atoms with Gasteiger partial charge in [-0.3, -0.25) is 4.79 Å². The number of methoxy groups -OCH3 is 1. The molecule has 0 atom stereocenters. The van der Waals surface area contributed by atoms with Gasteiger partial charge in [-0.25, -0.2) is 5.43 Å². The van der Waals surface area contributed by atoms with Crippen molar-refractivity contribution in [2.45, 2.75) is 6.92 Å². The minimum atomic E-state index is -0.300. The van der Waals surface area contributed by atoms with E-state index in [2.05, 4.69) is 26.5 Å². The maximum atomic E-state index is 11.8. The Bertz CT molecular complexity index is 613. The van der Waals surface area contributed by atoms with Crippen molar-refractivity contribution in [3.63, 3.8) is 0 Å². The second kappa shape index (κ2) is 6.38. The number of benzene rings is 1. The van der Waals surface area contributed by atoms with E-state index < -0.39 is 0 Å². The highest BCUT2D eigenvalue weighted by Gasteiger charge is 2.05. The third kappa shape index (κ3) is 3.48. The SMILES string of the molecule is COc1ccc(C(=O)N/N=C\c2cc(Br)c(C)o2)cc1. The van der Waals surface area contributed by atoms with Crippen molar-refractivity contribution < 1.29 is 13.9 Å². The Kier molecular flexibility index (Phi) is 4.57. The number of ether oxygens (including phenoxy) is 1. The molecule has 0 aliphatic carbocycles. The van der Waals surface area contributed by atoms with Crippen LogP contribution in [0.4, 0.5) is 0 Å². The lowest BCUT2D eigenvalue weighted by Gasteiger charge is -2.01. The molecule has 0 aliphatic rings. The smallest absolute Gasteiger partial charge is 0.271 e. The standard InChI is InChI=1S/C14H13BrN2O3/c1-9-13(15)7-12(20-9)8-16-17-14(18)10-3-5-11(19-2)6-4-10/h3-8H,1-2H3,(H,17,18)/b16-8-. The summed E-state index contributed by atoms with van der Waals surface area (Å²) < 4.78 is 11.3. The molecule has 6 heteroatoms. The Morgan fingerprint density at radius 3 is 2.65 bits per heavy atom. The average molecular weight is 337 g/mol. The van der Waals surface area contributed by atoms with Gasteiger partial charge in [0, 0.05) is 11.6 Å². The highest BCUT2D eigenvalue weighted by molar-refractivity contribution is 9.10. The fraction of sp³-hybridized carbons (Fsp3) is 0.143. The van der Waals surface area contributed by atoms with Gasteiger partial charge in [0.1, 0.15) is 17.3 Å². The number of nitrogens with one attached hydrogen (secondary N) is 1. The molecule has 0 fully saturated rings. The topological polar surface area (TPSA) is 63.8 Å². The van der Waals surface area contributed by atoms with Gasteiger partial charge in [-0.2, -0.15) is 5.10 Å². The fourth-order valence-electron chi connectivity index (χ4n) is 1.51. The Morgan fingerprint density at radius 1 is 1.40 bits per heavy atom. The lowest BCUT2D eigenvalue weighted by atomic mass is 10.2. The van der Waals surface area contributed by atoms with E-state index in [1.54, 1.807) is 37.4 Å². The number of nitrogens with zero attached hydrogens (tertiary/aromatic N) is 1. The number of halogens is 1.